The fraction of sp³-hybridized carbons (Fsp3) is 0.517. The summed E-state index contributed by atoms with van der Waals surface area (Å²) in [5, 5.41) is 23.3. The highest BCUT2D eigenvalue weighted by atomic mass is 16.5. The van der Waals surface area contributed by atoms with Gasteiger partial charge >= 0.3 is 0 Å². The number of phenols is 1. The smallest absolute Gasteiger partial charge is 0.261 e. The number of carbonyl (C=O) groups excluding carboxylic acids is 2. The van der Waals surface area contributed by atoms with Crippen molar-refractivity contribution in [3.63, 3.8) is 0 Å². The number of hydrogen-bond acceptors (Lipinski definition) is 6. The van der Waals surface area contributed by atoms with E-state index in [4.69, 9.17) is 4.74 Å². The molecule has 2 aromatic carbocycles. The van der Waals surface area contributed by atoms with E-state index in [2.05, 4.69) is 4.90 Å². The van der Waals surface area contributed by atoms with E-state index < -0.39 is 23.2 Å². The summed E-state index contributed by atoms with van der Waals surface area (Å²) < 4.78 is 6.56. The zero-order chi connectivity index (χ0) is 24.7. The van der Waals surface area contributed by atoms with Crippen LogP contribution in [0.1, 0.15) is 63.1 Å². The standard InChI is InChI=1S/C29H30N2O5/c1-14-3-7-17-18(11-14)27(34)31(26(17)33)20-9-10-28(35)24-19(13-30(24)12-16-5-6-16)29(28)22-15(2)4-8-21(32)23(22)36-25(20)29/h3-4,7-8,11,16,19-20,24-25,32,35H,5-6,9-10,12-13H2,1-2H3/t19?,20-,24-,25+,28-,29+/m1/s1. The highest BCUT2D eigenvalue weighted by Crippen LogP contribution is 2.73. The van der Waals surface area contributed by atoms with E-state index in [0.717, 1.165) is 35.7 Å². The fourth-order valence-electron chi connectivity index (χ4n) is 8.62. The molecule has 8 rings (SSSR count). The number of nitrogens with zero attached hydrogens (tertiary/aromatic N) is 2. The summed E-state index contributed by atoms with van der Waals surface area (Å²) in [6, 6.07) is 8.45. The lowest BCUT2D eigenvalue weighted by Gasteiger charge is -2.78. The molecule has 0 aromatic heterocycles. The Morgan fingerprint density at radius 3 is 2.61 bits per heavy atom. The van der Waals surface area contributed by atoms with Crippen LogP contribution in [-0.2, 0) is 5.41 Å². The van der Waals surface area contributed by atoms with Gasteiger partial charge in [0.2, 0.25) is 0 Å². The molecule has 1 spiro atoms. The Morgan fingerprint density at radius 1 is 1.06 bits per heavy atom. The molecule has 186 valence electrons. The summed E-state index contributed by atoms with van der Waals surface area (Å²) in [5.41, 5.74) is 1.88. The van der Waals surface area contributed by atoms with Crippen LogP contribution in [0.5, 0.6) is 11.5 Å². The van der Waals surface area contributed by atoms with Gasteiger partial charge in [-0.1, -0.05) is 17.7 Å². The summed E-state index contributed by atoms with van der Waals surface area (Å²) in [4.78, 5) is 31.0. The lowest BCUT2D eigenvalue weighted by molar-refractivity contribution is -0.320. The van der Waals surface area contributed by atoms with Crippen LogP contribution in [0.2, 0.25) is 0 Å². The molecule has 7 heteroatoms. The van der Waals surface area contributed by atoms with Crippen molar-refractivity contribution < 1.29 is 24.5 Å². The third-order valence-corrected chi connectivity index (χ3v) is 10.2. The second-order valence-corrected chi connectivity index (χ2v) is 12.0. The van der Waals surface area contributed by atoms with Crippen molar-refractivity contribution in [2.75, 3.05) is 13.1 Å². The molecule has 36 heavy (non-hydrogen) atoms. The molecule has 0 bridgehead atoms. The predicted octanol–water partition coefficient (Wildman–Crippen LogP) is 2.92. The average molecular weight is 487 g/mol. The first-order valence-corrected chi connectivity index (χ1v) is 13.2. The van der Waals surface area contributed by atoms with Gasteiger partial charge in [-0.2, -0.15) is 0 Å². The van der Waals surface area contributed by atoms with Crippen LogP contribution in [-0.4, -0.2) is 68.7 Å². The molecule has 3 heterocycles. The number of likely N-dealkylation sites (tertiary alicyclic amines) is 1. The van der Waals surface area contributed by atoms with Crippen LogP contribution >= 0.6 is 0 Å². The maximum Gasteiger partial charge on any atom is 0.261 e. The lowest BCUT2D eigenvalue weighted by Crippen LogP contribution is -2.92. The Hall–Kier alpha value is -2.90. The Bertz CT molecular complexity index is 1380. The van der Waals surface area contributed by atoms with Gasteiger partial charge in [0.1, 0.15) is 6.10 Å². The number of aryl methyl sites for hydroxylation is 2. The predicted molar refractivity (Wildman–Crippen MR) is 130 cm³/mol. The van der Waals surface area contributed by atoms with Crippen molar-refractivity contribution in [1.29, 1.82) is 0 Å². The number of ether oxygens (including phenoxy) is 1. The van der Waals surface area contributed by atoms with E-state index in [1.807, 2.05) is 26.0 Å². The van der Waals surface area contributed by atoms with Crippen molar-refractivity contribution in [3.05, 3.63) is 58.1 Å². The van der Waals surface area contributed by atoms with Crippen LogP contribution in [0.4, 0.5) is 0 Å². The molecule has 2 N–H and O–H groups in total. The van der Waals surface area contributed by atoms with Gasteiger partial charge in [0, 0.05) is 30.6 Å². The van der Waals surface area contributed by atoms with E-state index in [-0.39, 0.29) is 29.5 Å². The quantitative estimate of drug-likeness (QED) is 0.649. The van der Waals surface area contributed by atoms with Crippen LogP contribution in [0.15, 0.2) is 30.3 Å². The number of amides is 2. The topological polar surface area (TPSA) is 90.3 Å². The summed E-state index contributed by atoms with van der Waals surface area (Å²) in [6.07, 6.45) is 2.90. The second-order valence-electron chi connectivity index (χ2n) is 12.0. The van der Waals surface area contributed by atoms with Crippen LogP contribution in [0.25, 0.3) is 0 Å². The van der Waals surface area contributed by atoms with Gasteiger partial charge in [-0.15, -0.1) is 0 Å². The molecule has 1 saturated heterocycles. The van der Waals surface area contributed by atoms with Crippen molar-refractivity contribution in [2.24, 2.45) is 11.8 Å². The number of phenolic OH excluding ortho intramolecular Hbond substituents is 1. The minimum atomic E-state index is -1.02. The number of hydrogen-bond donors (Lipinski definition) is 2. The number of rotatable bonds is 3. The third-order valence-electron chi connectivity index (χ3n) is 10.2. The minimum absolute atomic E-state index is 0.0519. The lowest BCUT2D eigenvalue weighted by atomic mass is 9.35. The fourth-order valence-corrected chi connectivity index (χ4v) is 8.62. The highest BCUT2D eigenvalue weighted by Gasteiger charge is 2.85. The highest BCUT2D eigenvalue weighted by molar-refractivity contribution is 6.21. The third kappa shape index (κ3) is 2.20. The SMILES string of the molecule is Cc1ccc2c(c1)C(=O)N([C@@H]1CC[C@@]3(O)[C@H]4C(CN4CC4CC4)[C@@]34c3c(C)ccc(O)c3O[C@@H]14)C2=O. The summed E-state index contributed by atoms with van der Waals surface area (Å²) >= 11 is 0. The van der Waals surface area contributed by atoms with Gasteiger partial charge in [-0.05, 0) is 69.2 Å². The van der Waals surface area contributed by atoms with Crippen molar-refractivity contribution in [3.8, 4) is 11.5 Å². The average Bonchev–Trinajstić information content (AvgIpc) is 3.52. The van der Waals surface area contributed by atoms with E-state index >= 15 is 0 Å². The first kappa shape index (κ1) is 21.2. The first-order chi connectivity index (χ1) is 17.3. The Balaban J connectivity index is 1.25. The van der Waals surface area contributed by atoms with Gasteiger partial charge < -0.3 is 14.9 Å². The largest absolute Gasteiger partial charge is 0.504 e. The minimum Gasteiger partial charge on any atom is -0.504 e. The van der Waals surface area contributed by atoms with Gasteiger partial charge in [-0.3, -0.25) is 19.4 Å². The summed E-state index contributed by atoms with van der Waals surface area (Å²) in [5.74, 6) is 0.782. The van der Waals surface area contributed by atoms with Crippen LogP contribution in [0.3, 0.4) is 0 Å². The molecule has 3 saturated carbocycles. The second kappa shape index (κ2) is 6.50. The zero-order valence-electron chi connectivity index (χ0n) is 20.5. The Kier molecular flexibility index (Phi) is 3.83. The number of fused-ring (bicyclic) bond motifs is 4. The van der Waals surface area contributed by atoms with Crippen molar-refractivity contribution in [2.45, 2.75) is 68.7 Å². The van der Waals surface area contributed by atoms with Gasteiger partial charge in [0.05, 0.1) is 28.2 Å². The molecule has 3 aliphatic carbocycles. The molecular formula is C29H30N2O5. The Labute approximate surface area is 209 Å². The first-order valence-electron chi connectivity index (χ1n) is 13.2. The monoisotopic (exact) mass is 486 g/mol. The van der Waals surface area contributed by atoms with E-state index in [0.29, 0.717) is 29.7 Å². The molecule has 4 fully saturated rings. The zero-order valence-corrected chi connectivity index (χ0v) is 20.5. The molecule has 2 amide bonds. The molecule has 0 radical (unpaired) electrons. The number of piperidine rings is 1. The van der Waals surface area contributed by atoms with E-state index in [1.165, 1.54) is 17.7 Å². The number of aliphatic hydroxyl groups is 1. The van der Waals surface area contributed by atoms with E-state index in [9.17, 15) is 19.8 Å². The van der Waals surface area contributed by atoms with Gasteiger partial charge in [0.15, 0.2) is 11.5 Å². The normalized spacial score (nSPS) is 37.8. The number of imide groups is 1. The molecule has 6 atom stereocenters. The maximum absolute atomic E-state index is 13.6. The summed E-state index contributed by atoms with van der Waals surface area (Å²) in [6.45, 7) is 5.81. The van der Waals surface area contributed by atoms with E-state index in [1.54, 1.807) is 18.2 Å². The molecular weight excluding hydrogens is 456 g/mol. The summed E-state index contributed by atoms with van der Waals surface area (Å²) in [7, 11) is 0. The number of aromatic hydroxyl groups is 1. The maximum atomic E-state index is 13.6. The van der Waals surface area contributed by atoms with Gasteiger partial charge in [-0.25, -0.2) is 0 Å². The van der Waals surface area contributed by atoms with Crippen molar-refractivity contribution >= 4 is 11.8 Å². The van der Waals surface area contributed by atoms with Crippen molar-refractivity contribution in [1.82, 2.24) is 9.80 Å². The van der Waals surface area contributed by atoms with Crippen LogP contribution in [0, 0.1) is 25.7 Å². The van der Waals surface area contributed by atoms with Crippen LogP contribution < -0.4 is 4.74 Å². The Morgan fingerprint density at radius 2 is 1.83 bits per heavy atom. The molecule has 3 aliphatic heterocycles. The molecule has 1 unspecified atom stereocenters. The molecule has 7 nitrogen and oxygen atoms in total. The number of carbonyl (C=O) groups is 2. The van der Waals surface area contributed by atoms with Gasteiger partial charge in [0.25, 0.3) is 11.8 Å². The molecule has 6 aliphatic rings. The number of benzene rings is 2. The molecule has 2 aromatic rings.